The van der Waals surface area contributed by atoms with Crippen molar-refractivity contribution in [2.45, 2.75) is 31.1 Å². The zero-order valence-corrected chi connectivity index (χ0v) is 23.7. The molecule has 0 bridgehead atoms. The highest BCUT2D eigenvalue weighted by molar-refractivity contribution is 5.78. The molecule has 0 heterocycles. The van der Waals surface area contributed by atoms with Crippen LogP contribution in [0.1, 0.15) is 58.4 Å². The third kappa shape index (κ3) is 4.14. The lowest BCUT2D eigenvalue weighted by atomic mass is 9.70. The molecule has 0 radical (unpaired) electrons. The van der Waals surface area contributed by atoms with Crippen molar-refractivity contribution in [3.63, 3.8) is 0 Å². The van der Waals surface area contributed by atoms with E-state index in [4.69, 9.17) is 0 Å². The van der Waals surface area contributed by atoms with Crippen LogP contribution in [0.25, 0.3) is 11.1 Å². The molecule has 0 fully saturated rings. The van der Waals surface area contributed by atoms with Gasteiger partial charge in [0, 0.05) is 10.8 Å². The van der Waals surface area contributed by atoms with Gasteiger partial charge in [-0.15, -0.1) is 0 Å². The zero-order chi connectivity index (χ0) is 27.9. The summed E-state index contributed by atoms with van der Waals surface area (Å²) in [7, 11) is 0. The molecule has 0 heteroatoms. The number of fused-ring (bicyclic) bond motifs is 3. The van der Waals surface area contributed by atoms with Crippen LogP contribution in [0.4, 0.5) is 0 Å². The lowest BCUT2D eigenvalue weighted by Crippen LogP contribution is -2.25. The molecule has 0 saturated heterocycles. The average Bonchev–Trinajstić information content (AvgIpc) is 3.43. The van der Waals surface area contributed by atoms with E-state index in [9.17, 15) is 0 Å². The summed E-state index contributed by atoms with van der Waals surface area (Å²) in [6, 6.07) is 58.0. The molecular weight excluding hydrogens is 492 g/mol. The highest BCUT2D eigenvalue weighted by Gasteiger charge is 2.34. The minimum atomic E-state index is -0.239. The van der Waals surface area contributed by atoms with Crippen LogP contribution in [0.3, 0.4) is 0 Å². The van der Waals surface area contributed by atoms with Crippen LogP contribution < -0.4 is 0 Å². The molecule has 0 saturated carbocycles. The highest BCUT2D eigenvalue weighted by atomic mass is 14.4. The van der Waals surface area contributed by atoms with Gasteiger partial charge in [-0.05, 0) is 75.9 Å². The van der Waals surface area contributed by atoms with Gasteiger partial charge in [0.05, 0.1) is 0 Å². The molecule has 0 atom stereocenters. The third-order valence-electron chi connectivity index (χ3n) is 9.44. The van der Waals surface area contributed by atoms with E-state index in [1.807, 2.05) is 0 Å². The second-order valence-corrected chi connectivity index (χ2v) is 11.6. The van der Waals surface area contributed by atoms with E-state index < -0.39 is 0 Å². The summed E-state index contributed by atoms with van der Waals surface area (Å²) >= 11 is 0. The summed E-state index contributed by atoms with van der Waals surface area (Å²) in [6.45, 7) is 4.73. The van der Waals surface area contributed by atoms with E-state index in [-0.39, 0.29) is 10.8 Å². The highest BCUT2D eigenvalue weighted by Crippen LogP contribution is 2.46. The molecular formula is C41H34. The Bertz CT molecular complexity index is 1580. The normalized spacial score (nSPS) is 12.5. The van der Waals surface area contributed by atoms with E-state index in [1.165, 1.54) is 55.6 Å². The van der Waals surface area contributed by atoms with E-state index >= 15 is 0 Å². The lowest BCUT2D eigenvalue weighted by molar-refractivity contribution is 0.691. The first-order valence-corrected chi connectivity index (χ1v) is 14.6. The first-order valence-electron chi connectivity index (χ1n) is 14.6. The van der Waals surface area contributed by atoms with Gasteiger partial charge in [0.15, 0.2) is 0 Å². The molecule has 6 aromatic carbocycles. The summed E-state index contributed by atoms with van der Waals surface area (Å²) in [5.41, 5.74) is 13.0. The van der Waals surface area contributed by atoms with E-state index in [1.54, 1.807) is 0 Å². The van der Waals surface area contributed by atoms with Crippen LogP contribution in [0, 0.1) is 0 Å². The molecule has 0 unspecified atom stereocenters. The monoisotopic (exact) mass is 526 g/mol. The van der Waals surface area contributed by atoms with E-state index in [0.717, 1.165) is 6.42 Å². The van der Waals surface area contributed by atoms with Crippen molar-refractivity contribution in [2.75, 3.05) is 0 Å². The minimum Gasteiger partial charge on any atom is -0.0622 e. The maximum absolute atomic E-state index is 2.46. The number of hydrogen-bond donors (Lipinski definition) is 0. The van der Waals surface area contributed by atoms with Crippen molar-refractivity contribution in [3.8, 4) is 11.1 Å². The third-order valence-corrected chi connectivity index (χ3v) is 9.44. The molecule has 198 valence electrons. The van der Waals surface area contributed by atoms with Gasteiger partial charge in [-0.25, -0.2) is 0 Å². The van der Waals surface area contributed by atoms with Crippen molar-refractivity contribution >= 4 is 0 Å². The second-order valence-electron chi connectivity index (χ2n) is 11.6. The standard InChI is InChI=1S/C41H34/c1-40(32-15-7-3-8-16-32,33-17-9-4-10-18-33)36-23-25-38-30(28-36)27-31-29-37(24-26-39(31)38)41(2,34-19-11-5-12-20-34)35-21-13-6-14-22-35/h3-26,28-29H,27H2,1-2H3. The molecule has 1 aliphatic rings. The fourth-order valence-electron chi connectivity index (χ4n) is 6.92. The van der Waals surface area contributed by atoms with Gasteiger partial charge in [-0.1, -0.05) is 158 Å². The molecule has 0 nitrogen and oxygen atoms in total. The topological polar surface area (TPSA) is 0 Å². The fraction of sp³-hybridized carbons (Fsp3) is 0.122. The molecule has 0 amide bonds. The van der Waals surface area contributed by atoms with Gasteiger partial charge in [0.1, 0.15) is 0 Å². The van der Waals surface area contributed by atoms with Crippen LogP contribution in [0.15, 0.2) is 158 Å². The fourth-order valence-corrected chi connectivity index (χ4v) is 6.92. The molecule has 41 heavy (non-hydrogen) atoms. The minimum absolute atomic E-state index is 0.239. The van der Waals surface area contributed by atoms with Gasteiger partial charge >= 0.3 is 0 Å². The van der Waals surface area contributed by atoms with Crippen LogP contribution in [0.5, 0.6) is 0 Å². The lowest BCUT2D eigenvalue weighted by Gasteiger charge is -2.32. The second kappa shape index (κ2) is 10.1. The summed E-state index contributed by atoms with van der Waals surface area (Å²) < 4.78 is 0. The molecule has 0 aliphatic heterocycles. The van der Waals surface area contributed by atoms with Crippen LogP contribution >= 0.6 is 0 Å². The Labute approximate surface area is 244 Å². The van der Waals surface area contributed by atoms with Crippen LogP contribution in [-0.4, -0.2) is 0 Å². The Morgan fingerprint density at radius 1 is 0.341 bits per heavy atom. The van der Waals surface area contributed by atoms with Crippen molar-refractivity contribution in [1.82, 2.24) is 0 Å². The Kier molecular flexibility index (Phi) is 6.20. The van der Waals surface area contributed by atoms with Crippen molar-refractivity contribution in [3.05, 3.63) is 202 Å². The number of rotatable bonds is 6. The molecule has 1 aliphatic carbocycles. The Morgan fingerprint density at radius 3 is 0.927 bits per heavy atom. The Morgan fingerprint density at radius 2 is 0.634 bits per heavy atom. The van der Waals surface area contributed by atoms with Crippen molar-refractivity contribution < 1.29 is 0 Å². The average molecular weight is 527 g/mol. The summed E-state index contributed by atoms with van der Waals surface area (Å²) in [5.74, 6) is 0. The van der Waals surface area contributed by atoms with Gasteiger partial charge < -0.3 is 0 Å². The summed E-state index contributed by atoms with van der Waals surface area (Å²) in [4.78, 5) is 0. The largest absolute Gasteiger partial charge is 0.0622 e. The molecule has 0 N–H and O–H groups in total. The van der Waals surface area contributed by atoms with Gasteiger partial charge in [-0.2, -0.15) is 0 Å². The SMILES string of the molecule is CC(c1ccccc1)(c1ccccc1)c1ccc2c(c1)Cc1cc(C(C)(c3ccccc3)c3ccccc3)ccc1-2. The van der Waals surface area contributed by atoms with Crippen molar-refractivity contribution in [1.29, 1.82) is 0 Å². The Balaban J connectivity index is 1.32. The first-order chi connectivity index (χ1) is 20.1. The van der Waals surface area contributed by atoms with Crippen LogP contribution in [-0.2, 0) is 17.3 Å². The summed E-state index contributed by atoms with van der Waals surface area (Å²) in [5, 5.41) is 0. The predicted octanol–water partition coefficient (Wildman–Crippen LogP) is 9.97. The quantitative estimate of drug-likeness (QED) is 0.189. The maximum atomic E-state index is 2.46. The summed E-state index contributed by atoms with van der Waals surface area (Å²) in [6.07, 6.45) is 0.950. The number of hydrogen-bond acceptors (Lipinski definition) is 0. The van der Waals surface area contributed by atoms with Gasteiger partial charge in [0.25, 0.3) is 0 Å². The molecule has 0 spiro atoms. The number of benzene rings is 6. The van der Waals surface area contributed by atoms with E-state index in [0.29, 0.717) is 0 Å². The van der Waals surface area contributed by atoms with E-state index in [2.05, 4.69) is 172 Å². The first kappa shape index (κ1) is 25.3. The Hall–Kier alpha value is -4.68. The van der Waals surface area contributed by atoms with Crippen LogP contribution in [0.2, 0.25) is 0 Å². The molecule has 0 aromatic heterocycles. The maximum Gasteiger partial charge on any atom is 0.0423 e. The predicted molar refractivity (Wildman–Crippen MR) is 172 cm³/mol. The van der Waals surface area contributed by atoms with Crippen molar-refractivity contribution in [2.24, 2.45) is 0 Å². The molecule has 6 aromatic rings. The zero-order valence-electron chi connectivity index (χ0n) is 23.7. The van der Waals surface area contributed by atoms with Gasteiger partial charge in [0.2, 0.25) is 0 Å². The smallest absolute Gasteiger partial charge is 0.0423 e. The van der Waals surface area contributed by atoms with Gasteiger partial charge in [-0.3, -0.25) is 0 Å². The molecule has 7 rings (SSSR count).